The maximum Gasteiger partial charge on any atom is 0.0540 e. The second kappa shape index (κ2) is 5.33. The van der Waals surface area contributed by atoms with Gasteiger partial charge in [0.1, 0.15) is 0 Å². The fourth-order valence-corrected chi connectivity index (χ4v) is 5.37. The van der Waals surface area contributed by atoms with Crippen LogP contribution in [0.15, 0.2) is 66.7 Å². The SMILES string of the molecule is C1=c2c(n(-c3ccc4sc5ccccc5c4c3)c3ccccc23)=CCC1. The molecule has 1 aliphatic rings. The number of thiophene rings is 1. The average Bonchev–Trinajstić information content (AvgIpc) is 3.23. The Morgan fingerprint density at radius 1 is 0.692 bits per heavy atom. The fourth-order valence-electron chi connectivity index (χ4n) is 4.28. The van der Waals surface area contributed by atoms with Crippen LogP contribution in [0.25, 0.3) is 48.9 Å². The minimum absolute atomic E-state index is 1.12. The molecule has 1 aliphatic carbocycles. The summed E-state index contributed by atoms with van der Waals surface area (Å²) in [6, 6.07) is 24.4. The van der Waals surface area contributed by atoms with Gasteiger partial charge in [0.05, 0.1) is 5.52 Å². The quantitative estimate of drug-likeness (QED) is 0.383. The van der Waals surface area contributed by atoms with Gasteiger partial charge < -0.3 is 4.57 Å². The van der Waals surface area contributed by atoms with Crippen molar-refractivity contribution in [2.24, 2.45) is 0 Å². The number of fused-ring (bicyclic) bond motifs is 6. The number of hydrogen-bond donors (Lipinski definition) is 0. The van der Waals surface area contributed by atoms with E-state index in [1.807, 2.05) is 11.3 Å². The smallest absolute Gasteiger partial charge is 0.0540 e. The highest BCUT2D eigenvalue weighted by Crippen LogP contribution is 2.35. The number of rotatable bonds is 1. The topological polar surface area (TPSA) is 4.93 Å². The highest BCUT2D eigenvalue weighted by Gasteiger charge is 2.12. The first-order valence-electron chi connectivity index (χ1n) is 9.12. The van der Waals surface area contributed by atoms with Gasteiger partial charge in [-0.1, -0.05) is 48.6 Å². The number of aromatic nitrogens is 1. The van der Waals surface area contributed by atoms with Crippen LogP contribution in [-0.4, -0.2) is 4.57 Å². The van der Waals surface area contributed by atoms with Gasteiger partial charge in [-0.3, -0.25) is 0 Å². The van der Waals surface area contributed by atoms with E-state index in [2.05, 4.69) is 83.4 Å². The lowest BCUT2D eigenvalue weighted by Crippen LogP contribution is -2.30. The molecule has 0 fully saturated rings. The molecule has 0 bridgehead atoms. The molecule has 0 amide bonds. The van der Waals surface area contributed by atoms with E-state index in [1.54, 1.807) is 0 Å². The van der Waals surface area contributed by atoms with E-state index < -0.39 is 0 Å². The molecule has 3 aromatic carbocycles. The zero-order chi connectivity index (χ0) is 17.1. The molecule has 0 aliphatic heterocycles. The number of benzene rings is 3. The lowest BCUT2D eigenvalue weighted by atomic mass is 10.1. The molecule has 0 atom stereocenters. The van der Waals surface area contributed by atoms with Crippen molar-refractivity contribution in [3.63, 3.8) is 0 Å². The van der Waals surface area contributed by atoms with Crippen LogP contribution in [0.4, 0.5) is 0 Å². The van der Waals surface area contributed by atoms with Crippen molar-refractivity contribution in [1.82, 2.24) is 4.57 Å². The van der Waals surface area contributed by atoms with E-state index in [4.69, 9.17) is 0 Å². The molecule has 0 unspecified atom stereocenters. The Labute approximate surface area is 155 Å². The summed E-state index contributed by atoms with van der Waals surface area (Å²) in [5.74, 6) is 0. The summed E-state index contributed by atoms with van der Waals surface area (Å²) in [6.45, 7) is 0. The largest absolute Gasteiger partial charge is 0.310 e. The minimum Gasteiger partial charge on any atom is -0.310 e. The first-order chi connectivity index (χ1) is 12.9. The molecule has 2 aromatic heterocycles. The molecular formula is C24H17NS. The molecular weight excluding hydrogens is 334 g/mol. The third kappa shape index (κ3) is 1.91. The fraction of sp³-hybridized carbons (Fsp3) is 0.0833. The Kier molecular flexibility index (Phi) is 2.94. The van der Waals surface area contributed by atoms with Crippen LogP contribution in [0.5, 0.6) is 0 Å². The van der Waals surface area contributed by atoms with Gasteiger partial charge in [0, 0.05) is 41.8 Å². The molecule has 2 heterocycles. The van der Waals surface area contributed by atoms with Crippen molar-refractivity contribution in [1.29, 1.82) is 0 Å². The van der Waals surface area contributed by atoms with Crippen molar-refractivity contribution in [2.75, 3.05) is 0 Å². The molecule has 1 nitrogen and oxygen atoms in total. The molecule has 5 aromatic rings. The Bertz CT molecular complexity index is 1430. The Balaban J connectivity index is 1.76. The third-order valence-corrected chi connectivity index (χ3v) is 6.58. The van der Waals surface area contributed by atoms with Crippen molar-refractivity contribution >= 4 is 54.6 Å². The molecule has 2 heteroatoms. The van der Waals surface area contributed by atoms with Gasteiger partial charge in [-0.25, -0.2) is 0 Å². The van der Waals surface area contributed by atoms with Gasteiger partial charge in [0.2, 0.25) is 0 Å². The summed E-state index contributed by atoms with van der Waals surface area (Å²) in [7, 11) is 0. The Morgan fingerprint density at radius 2 is 1.46 bits per heavy atom. The molecule has 0 saturated heterocycles. The van der Waals surface area contributed by atoms with E-state index in [1.165, 1.54) is 47.3 Å². The normalized spacial score (nSPS) is 13.7. The Morgan fingerprint density at radius 3 is 2.42 bits per heavy atom. The van der Waals surface area contributed by atoms with Crippen molar-refractivity contribution in [3.8, 4) is 5.69 Å². The molecule has 0 radical (unpaired) electrons. The van der Waals surface area contributed by atoms with Gasteiger partial charge in [-0.15, -0.1) is 11.3 Å². The van der Waals surface area contributed by atoms with Crippen LogP contribution in [0, 0.1) is 0 Å². The summed E-state index contributed by atoms with van der Waals surface area (Å²) in [6.07, 6.45) is 7.04. The predicted octanol–water partition coefficient (Wildman–Crippen LogP) is 5.35. The van der Waals surface area contributed by atoms with Crippen LogP contribution in [0.3, 0.4) is 0 Å². The summed E-state index contributed by atoms with van der Waals surface area (Å²) in [5.41, 5.74) is 2.55. The maximum atomic E-state index is 2.44. The van der Waals surface area contributed by atoms with E-state index >= 15 is 0 Å². The van der Waals surface area contributed by atoms with E-state index in [0.29, 0.717) is 0 Å². The maximum absolute atomic E-state index is 2.44. The monoisotopic (exact) mass is 351 g/mol. The zero-order valence-electron chi connectivity index (χ0n) is 14.3. The van der Waals surface area contributed by atoms with Crippen LogP contribution >= 0.6 is 11.3 Å². The van der Waals surface area contributed by atoms with Crippen LogP contribution < -0.4 is 10.6 Å². The summed E-state index contributed by atoms with van der Waals surface area (Å²) in [5, 5.41) is 6.80. The molecule has 124 valence electrons. The predicted molar refractivity (Wildman–Crippen MR) is 114 cm³/mol. The zero-order valence-corrected chi connectivity index (χ0v) is 15.1. The number of hydrogen-bond acceptors (Lipinski definition) is 1. The molecule has 6 rings (SSSR count). The summed E-state index contributed by atoms with van der Waals surface area (Å²) >= 11 is 1.88. The highest BCUT2D eigenvalue weighted by atomic mass is 32.1. The van der Waals surface area contributed by atoms with Gasteiger partial charge in [0.25, 0.3) is 0 Å². The van der Waals surface area contributed by atoms with Crippen LogP contribution in [0.1, 0.15) is 12.8 Å². The van der Waals surface area contributed by atoms with E-state index in [9.17, 15) is 0 Å². The van der Waals surface area contributed by atoms with Crippen molar-refractivity contribution in [2.45, 2.75) is 12.8 Å². The molecule has 0 spiro atoms. The first kappa shape index (κ1) is 14.3. The minimum atomic E-state index is 1.12. The lowest BCUT2D eigenvalue weighted by molar-refractivity contribution is 1.03. The van der Waals surface area contributed by atoms with E-state index in [0.717, 1.165) is 12.8 Å². The number of nitrogens with zero attached hydrogens (tertiary/aromatic N) is 1. The lowest BCUT2D eigenvalue weighted by Gasteiger charge is -2.08. The van der Waals surface area contributed by atoms with Crippen molar-refractivity contribution < 1.29 is 0 Å². The van der Waals surface area contributed by atoms with Crippen LogP contribution in [0.2, 0.25) is 0 Å². The average molecular weight is 351 g/mol. The molecule has 0 saturated carbocycles. The Hall–Kier alpha value is -2.84. The van der Waals surface area contributed by atoms with Crippen LogP contribution in [-0.2, 0) is 0 Å². The third-order valence-electron chi connectivity index (χ3n) is 5.42. The second-order valence-corrected chi connectivity index (χ2v) is 8.00. The molecule has 26 heavy (non-hydrogen) atoms. The van der Waals surface area contributed by atoms with Crippen molar-refractivity contribution in [3.05, 3.63) is 77.3 Å². The van der Waals surface area contributed by atoms with Gasteiger partial charge in [-0.2, -0.15) is 0 Å². The highest BCUT2D eigenvalue weighted by molar-refractivity contribution is 7.25. The molecule has 0 N–H and O–H groups in total. The number of para-hydroxylation sites is 1. The van der Waals surface area contributed by atoms with Gasteiger partial charge in [-0.05, 0) is 43.2 Å². The van der Waals surface area contributed by atoms with Gasteiger partial charge >= 0.3 is 0 Å². The summed E-state index contributed by atoms with van der Waals surface area (Å²) < 4.78 is 5.15. The summed E-state index contributed by atoms with van der Waals surface area (Å²) in [4.78, 5) is 0. The van der Waals surface area contributed by atoms with E-state index in [-0.39, 0.29) is 0 Å². The standard InChI is InChI=1S/C24H17NS/c1-4-10-21-17(7-1)18-8-2-5-11-22(18)25(21)16-13-14-24-20(15-16)19-9-3-6-12-23(19)26-24/h1,3-4,6-15H,2,5H2. The second-order valence-electron chi connectivity index (χ2n) is 6.92. The van der Waals surface area contributed by atoms with Gasteiger partial charge in [0.15, 0.2) is 0 Å². The first-order valence-corrected chi connectivity index (χ1v) is 9.93.